The zero-order valence-corrected chi connectivity index (χ0v) is 58.8. The Hall–Kier alpha value is -8.67. The van der Waals surface area contributed by atoms with Gasteiger partial charge in [-0.25, -0.2) is 13.7 Å². The molecule has 4 aromatic heterocycles. The van der Waals surface area contributed by atoms with Gasteiger partial charge in [0.15, 0.2) is 17.9 Å². The van der Waals surface area contributed by atoms with Crippen LogP contribution >= 0.6 is 0 Å². The lowest BCUT2D eigenvalue weighted by Crippen LogP contribution is -2.32. The number of para-hydroxylation sites is 2. The van der Waals surface area contributed by atoms with Crippen molar-refractivity contribution in [3.05, 3.63) is 259 Å². The number of fused-ring (bicyclic) bond motifs is 4. The van der Waals surface area contributed by atoms with Crippen LogP contribution in [-0.4, -0.2) is 4.98 Å². The highest BCUT2D eigenvalue weighted by atomic mass is 15.0. The molecule has 0 saturated heterocycles. The highest BCUT2D eigenvalue weighted by molar-refractivity contribution is 5.94. The van der Waals surface area contributed by atoms with Crippen LogP contribution in [-0.2, 0) is 28.2 Å². The van der Waals surface area contributed by atoms with Crippen molar-refractivity contribution in [3.8, 4) is 45.0 Å². The van der Waals surface area contributed by atoms with Crippen molar-refractivity contribution in [3.63, 3.8) is 0 Å². The molecule has 12 rings (SSSR count). The minimum absolute atomic E-state index is 0. The van der Waals surface area contributed by atoms with E-state index in [0.717, 1.165) is 5.52 Å². The summed E-state index contributed by atoms with van der Waals surface area (Å²) in [4.78, 5) is 4.46. The third-order valence-electron chi connectivity index (χ3n) is 13.7. The number of hydrogen-bond acceptors (Lipinski definition) is 1. The molecule has 0 N–H and O–H groups in total. The average molecular weight is 1240 g/mol. The molecule has 92 heavy (non-hydrogen) atoms. The van der Waals surface area contributed by atoms with E-state index in [-0.39, 0.29) is 29.7 Å². The lowest BCUT2D eigenvalue weighted by atomic mass is 10.00. The fraction of sp³-hybridized carbons (Fsp3) is 0.322. The summed E-state index contributed by atoms with van der Waals surface area (Å²) in [6.07, 6.45) is 6.20. The molecule has 5 heteroatoms. The van der Waals surface area contributed by atoms with Crippen LogP contribution in [0.5, 0.6) is 0 Å². The number of aromatic nitrogens is 5. The molecule has 0 aliphatic rings. The van der Waals surface area contributed by atoms with Gasteiger partial charge in [-0.05, 0) is 120 Å². The zero-order chi connectivity index (χ0) is 66.1. The number of pyridine rings is 3. The van der Waals surface area contributed by atoms with Crippen LogP contribution in [0.15, 0.2) is 237 Å². The molecule has 8 aromatic carbocycles. The van der Waals surface area contributed by atoms with Crippen molar-refractivity contribution in [2.24, 2.45) is 28.2 Å². The largest absolute Gasteiger partial charge is 0.287 e. The van der Waals surface area contributed by atoms with Gasteiger partial charge in [-0.1, -0.05) is 280 Å². The molecule has 0 aliphatic carbocycles. The predicted octanol–water partition coefficient (Wildman–Crippen LogP) is 24.7. The first-order valence-electron chi connectivity index (χ1n) is 32.7. The van der Waals surface area contributed by atoms with E-state index >= 15 is 0 Å². The molecule has 496 valence electrons. The van der Waals surface area contributed by atoms with Crippen LogP contribution in [0, 0.1) is 27.7 Å². The summed E-state index contributed by atoms with van der Waals surface area (Å²) in [6, 6.07) is 76.6. The van der Waals surface area contributed by atoms with E-state index in [1.54, 1.807) is 0 Å². The molecule has 0 saturated carbocycles. The van der Waals surface area contributed by atoms with Crippen molar-refractivity contribution < 1.29 is 18.3 Å². The monoisotopic (exact) mass is 1240 g/mol. The Morgan fingerprint density at radius 1 is 0.283 bits per heavy atom. The summed E-state index contributed by atoms with van der Waals surface area (Å²) in [5.74, 6) is 0. The number of rotatable bonds is 4. The van der Waals surface area contributed by atoms with E-state index in [4.69, 9.17) is 0 Å². The van der Waals surface area contributed by atoms with Crippen LogP contribution in [0.4, 0.5) is 0 Å². The van der Waals surface area contributed by atoms with Crippen LogP contribution in [0.1, 0.15) is 163 Å². The predicted molar refractivity (Wildman–Crippen MR) is 417 cm³/mol. The Morgan fingerprint density at radius 2 is 0.641 bits per heavy atom. The van der Waals surface area contributed by atoms with Crippen molar-refractivity contribution in [1.82, 2.24) is 4.98 Å². The van der Waals surface area contributed by atoms with E-state index in [1.807, 2.05) is 130 Å². The van der Waals surface area contributed by atoms with E-state index in [1.165, 1.54) is 105 Å². The molecule has 0 fully saturated rings. The molecule has 0 atom stereocenters. The smallest absolute Gasteiger partial charge is 0.232 e. The topological polar surface area (TPSA) is 28.4 Å². The van der Waals surface area contributed by atoms with Crippen LogP contribution in [0.25, 0.3) is 88.4 Å². The number of hydrogen-bond donors (Lipinski definition) is 0. The van der Waals surface area contributed by atoms with Gasteiger partial charge in [-0.2, -0.15) is 4.57 Å². The van der Waals surface area contributed by atoms with E-state index in [0.29, 0.717) is 0 Å². The summed E-state index contributed by atoms with van der Waals surface area (Å²) >= 11 is 0. The van der Waals surface area contributed by atoms with Crippen LogP contribution in [0.3, 0.4) is 0 Å². The zero-order valence-electron chi connectivity index (χ0n) is 58.8. The van der Waals surface area contributed by atoms with Gasteiger partial charge in [-0.15, -0.1) is 0 Å². The summed E-state index contributed by atoms with van der Waals surface area (Å²) in [7, 11) is 8.38. The molecule has 0 unspecified atom stereocenters. The lowest BCUT2D eigenvalue weighted by molar-refractivity contribution is -0.662. The average Bonchev–Trinajstić information content (AvgIpc) is 0.854. The van der Waals surface area contributed by atoms with Crippen LogP contribution in [0.2, 0.25) is 0 Å². The minimum Gasteiger partial charge on any atom is -0.232 e. The fourth-order valence-corrected chi connectivity index (χ4v) is 9.74. The summed E-state index contributed by atoms with van der Waals surface area (Å²) in [5.41, 5.74) is 17.7. The maximum absolute atomic E-state index is 4.46. The standard InChI is InChI=1S/3C17H16N.C16H15N2.8C2H6.4CH4/c1-13-7-3-6-10-16(13)17-11-14-8-4-5-9-15(14)12-18(17)2;1-13-7-3-5-9-15(13)17-16-10-6-4-8-14(16)11-12-18(17)2;1-13-7-3-5-9-15(13)17-12-11-14-8-4-6-10-16(14)18(17)2;1-12-7-3-4-8-13(12)16-14-9-5-6-10-15(14)17-11-18(16)2;8*1-2;;;;/h3*3-12H,1-2H3;3-11H,1-2H3;8*1-2H3;4*1H4/q4*+1;;;;;;;;;;;;. The van der Waals surface area contributed by atoms with Gasteiger partial charge in [0, 0.05) is 57.3 Å². The second-order valence-electron chi connectivity index (χ2n) is 18.6. The number of nitrogens with zero attached hydrogens (tertiary/aromatic N) is 5. The first-order valence-corrected chi connectivity index (χ1v) is 32.7. The van der Waals surface area contributed by atoms with E-state index in [9.17, 15) is 0 Å². The highest BCUT2D eigenvalue weighted by Crippen LogP contribution is 2.29. The maximum atomic E-state index is 4.46. The first kappa shape index (κ1) is 89.8. The Labute approximate surface area is 564 Å². The van der Waals surface area contributed by atoms with Gasteiger partial charge >= 0.3 is 0 Å². The van der Waals surface area contributed by atoms with Crippen molar-refractivity contribution in [2.75, 3.05) is 0 Å². The molecule has 0 amide bonds. The first-order chi connectivity index (χ1) is 43.1. The molecule has 12 aromatic rings. The van der Waals surface area contributed by atoms with E-state index in [2.05, 4.69) is 297 Å². The van der Waals surface area contributed by atoms with Gasteiger partial charge in [0.05, 0.1) is 17.8 Å². The normalized spacial score (nSPS) is 8.96. The molecule has 5 nitrogen and oxygen atoms in total. The summed E-state index contributed by atoms with van der Waals surface area (Å²) in [5, 5.41) is 7.62. The Balaban J connectivity index is -0.000000515. The quantitative estimate of drug-likeness (QED) is 0.161. The number of aryl methyl sites for hydroxylation is 8. The molecule has 0 radical (unpaired) electrons. The summed E-state index contributed by atoms with van der Waals surface area (Å²) < 4.78 is 8.75. The highest BCUT2D eigenvalue weighted by Gasteiger charge is 2.18. The van der Waals surface area contributed by atoms with Gasteiger partial charge in [-0.3, -0.25) is 0 Å². The molecule has 0 bridgehead atoms. The second-order valence-corrected chi connectivity index (χ2v) is 18.6. The Morgan fingerprint density at radius 3 is 1.12 bits per heavy atom. The van der Waals surface area contributed by atoms with Crippen LogP contribution < -0.4 is 18.3 Å². The lowest BCUT2D eigenvalue weighted by Gasteiger charge is -2.08. The fourth-order valence-electron chi connectivity index (χ4n) is 9.74. The van der Waals surface area contributed by atoms with Crippen molar-refractivity contribution in [1.29, 1.82) is 0 Å². The van der Waals surface area contributed by atoms with Crippen molar-refractivity contribution >= 4 is 43.4 Å². The van der Waals surface area contributed by atoms with Gasteiger partial charge < -0.3 is 0 Å². The van der Waals surface area contributed by atoms with E-state index < -0.39 is 0 Å². The molecule has 0 spiro atoms. The van der Waals surface area contributed by atoms with Gasteiger partial charge in [0.2, 0.25) is 22.6 Å². The Kier molecular flexibility index (Phi) is 49.8. The van der Waals surface area contributed by atoms with Gasteiger partial charge in [0.1, 0.15) is 26.8 Å². The molecule has 4 heterocycles. The third-order valence-corrected chi connectivity index (χ3v) is 13.7. The SMILES string of the molecule is C.C.C.C.CC.CC.CC.CC.CC.CC.CC.CC.Cc1ccccc1-c1c2ccccc2cc[n+]1C.Cc1ccccc1-c1c2ccccc2nc[n+]1C.Cc1ccccc1-c1cc2ccccc2c[n+]1C.Cc1ccccc1-c1ccc2ccccc2[n+]1C. The molecular formula is C87H127N5+4. The molecular weight excluding hydrogens is 1110 g/mol. The Bertz CT molecular complexity index is 3690. The number of benzene rings is 8. The van der Waals surface area contributed by atoms with Gasteiger partial charge in [0.25, 0.3) is 6.33 Å². The third kappa shape index (κ3) is 24.5. The molecule has 0 aliphatic heterocycles. The minimum atomic E-state index is 0. The maximum Gasteiger partial charge on any atom is 0.287 e. The van der Waals surface area contributed by atoms with Crippen molar-refractivity contribution in [2.45, 2.75) is 168 Å². The second kappa shape index (κ2) is 51.0. The summed E-state index contributed by atoms with van der Waals surface area (Å²) in [6.45, 7) is 40.6.